The van der Waals surface area contributed by atoms with E-state index in [2.05, 4.69) is 67.8 Å². The zero-order valence-electron chi connectivity index (χ0n) is 30.9. The van der Waals surface area contributed by atoms with Crippen LogP contribution >= 0.6 is 7.82 Å². The molecule has 0 aromatic heterocycles. The number of aliphatic hydroxyl groups is 1. The number of quaternary nitrogens is 1. The lowest BCUT2D eigenvalue weighted by Gasteiger charge is -2.25. The molecule has 0 aliphatic carbocycles. The van der Waals surface area contributed by atoms with E-state index in [0.717, 1.165) is 44.9 Å². The van der Waals surface area contributed by atoms with Crippen molar-refractivity contribution < 1.29 is 32.9 Å². The number of rotatable bonds is 31. The number of phosphoric ester groups is 1. The van der Waals surface area contributed by atoms with Gasteiger partial charge in [-0.25, -0.2) is 4.57 Å². The number of aliphatic hydroxyl groups excluding tert-OH is 1. The molecule has 0 rings (SSSR count). The van der Waals surface area contributed by atoms with Gasteiger partial charge in [0.2, 0.25) is 5.91 Å². The number of phosphoric acid groups is 1. The van der Waals surface area contributed by atoms with Gasteiger partial charge in [0.25, 0.3) is 0 Å². The van der Waals surface area contributed by atoms with Crippen LogP contribution in [0.25, 0.3) is 0 Å². The molecule has 8 nitrogen and oxygen atoms in total. The van der Waals surface area contributed by atoms with Crippen LogP contribution in [0.15, 0.2) is 72.9 Å². The molecule has 3 unspecified atom stereocenters. The topological polar surface area (TPSA) is 105 Å². The summed E-state index contributed by atoms with van der Waals surface area (Å²) < 4.78 is 23.3. The maximum atomic E-state index is 12.7. The summed E-state index contributed by atoms with van der Waals surface area (Å²) in [7, 11) is 1.49. The van der Waals surface area contributed by atoms with E-state index in [0.29, 0.717) is 17.4 Å². The number of hydrogen-bond acceptors (Lipinski definition) is 5. The number of amides is 1. The molecule has 0 aromatic carbocycles. The van der Waals surface area contributed by atoms with Gasteiger partial charge in [-0.05, 0) is 57.8 Å². The van der Waals surface area contributed by atoms with Gasteiger partial charge >= 0.3 is 7.82 Å². The van der Waals surface area contributed by atoms with Crippen molar-refractivity contribution in [3.63, 3.8) is 0 Å². The van der Waals surface area contributed by atoms with Gasteiger partial charge in [-0.2, -0.15) is 0 Å². The highest BCUT2D eigenvalue weighted by Crippen LogP contribution is 2.43. The Kier molecular flexibility index (Phi) is 29.6. The predicted octanol–water partition coefficient (Wildman–Crippen LogP) is 9.29. The van der Waals surface area contributed by atoms with Gasteiger partial charge in [-0.3, -0.25) is 13.8 Å². The molecule has 9 heteroatoms. The molecule has 0 fully saturated rings. The highest BCUT2D eigenvalue weighted by molar-refractivity contribution is 7.47. The van der Waals surface area contributed by atoms with Crippen LogP contribution in [0, 0.1) is 0 Å². The average molecular weight is 694 g/mol. The second-order valence-corrected chi connectivity index (χ2v) is 14.7. The van der Waals surface area contributed by atoms with E-state index in [1.54, 1.807) is 6.08 Å². The Morgan fingerprint density at radius 3 is 1.90 bits per heavy atom. The molecule has 0 heterocycles. The van der Waals surface area contributed by atoms with Gasteiger partial charge in [0.15, 0.2) is 0 Å². The fourth-order valence-corrected chi connectivity index (χ4v) is 5.21. The molecule has 0 aromatic rings. The summed E-state index contributed by atoms with van der Waals surface area (Å²) >= 11 is 0. The quantitative estimate of drug-likeness (QED) is 0.0289. The van der Waals surface area contributed by atoms with Crippen molar-refractivity contribution in [2.45, 2.75) is 129 Å². The maximum absolute atomic E-state index is 12.7. The molecule has 0 saturated carbocycles. The third kappa shape index (κ3) is 32.5. The SMILES string of the molecule is CC/C=C\C/C=C\C/C=C\C/C=C\CCC(=O)NC(COP(=O)(O)OCC[N+](C)(C)C)C(O)/C=C/CC/C=C/CCCCCCCCC. The lowest BCUT2D eigenvalue weighted by atomic mass is 10.1. The zero-order chi connectivity index (χ0) is 35.8. The summed E-state index contributed by atoms with van der Waals surface area (Å²) in [6.07, 6.45) is 39.9. The van der Waals surface area contributed by atoms with Gasteiger partial charge in [0.05, 0.1) is 39.9 Å². The smallest absolute Gasteiger partial charge is 0.387 e. The number of carbonyl (C=O) groups is 1. The van der Waals surface area contributed by atoms with Crippen LogP contribution in [0.1, 0.15) is 117 Å². The number of unbranched alkanes of at least 4 members (excludes halogenated alkanes) is 8. The van der Waals surface area contributed by atoms with Crippen molar-refractivity contribution in [1.29, 1.82) is 0 Å². The first-order valence-electron chi connectivity index (χ1n) is 18.3. The number of nitrogens with one attached hydrogen (secondary N) is 1. The fourth-order valence-electron chi connectivity index (χ4n) is 4.48. The van der Waals surface area contributed by atoms with Crippen LogP contribution in [0.4, 0.5) is 0 Å². The van der Waals surface area contributed by atoms with Crippen molar-refractivity contribution in [3.8, 4) is 0 Å². The Balaban J connectivity index is 4.77. The zero-order valence-corrected chi connectivity index (χ0v) is 31.8. The second-order valence-electron chi connectivity index (χ2n) is 13.2. The number of allylic oxidation sites excluding steroid dienone is 11. The summed E-state index contributed by atoms with van der Waals surface area (Å²) in [6, 6.07) is -0.901. The van der Waals surface area contributed by atoms with Gasteiger partial charge in [-0.15, -0.1) is 0 Å². The third-order valence-electron chi connectivity index (χ3n) is 7.42. The van der Waals surface area contributed by atoms with E-state index in [9.17, 15) is 19.4 Å². The number of nitrogens with zero attached hydrogens (tertiary/aromatic N) is 1. The summed E-state index contributed by atoms with van der Waals surface area (Å²) in [5.74, 6) is -0.273. The van der Waals surface area contributed by atoms with Crippen molar-refractivity contribution in [2.24, 2.45) is 0 Å². The molecular weight excluding hydrogens is 623 g/mol. The molecule has 0 radical (unpaired) electrons. The molecule has 276 valence electrons. The van der Waals surface area contributed by atoms with E-state index in [1.165, 1.54) is 44.9 Å². The van der Waals surface area contributed by atoms with Gasteiger partial charge in [0.1, 0.15) is 13.2 Å². The Bertz CT molecular complexity index is 1010. The Labute approximate surface area is 294 Å². The minimum atomic E-state index is -4.36. The van der Waals surface area contributed by atoms with Crippen molar-refractivity contribution >= 4 is 13.7 Å². The van der Waals surface area contributed by atoms with Crippen LogP contribution in [-0.4, -0.2) is 73.4 Å². The highest BCUT2D eigenvalue weighted by Gasteiger charge is 2.27. The van der Waals surface area contributed by atoms with Crippen LogP contribution in [0.2, 0.25) is 0 Å². The second kappa shape index (κ2) is 31.0. The Morgan fingerprint density at radius 1 is 0.729 bits per heavy atom. The predicted molar refractivity (Wildman–Crippen MR) is 203 cm³/mol. The van der Waals surface area contributed by atoms with E-state index >= 15 is 0 Å². The van der Waals surface area contributed by atoms with Crippen LogP contribution in [-0.2, 0) is 18.4 Å². The lowest BCUT2D eigenvalue weighted by molar-refractivity contribution is -0.870. The molecule has 3 N–H and O–H groups in total. The summed E-state index contributed by atoms with van der Waals surface area (Å²) in [5, 5.41) is 13.6. The standard InChI is InChI=1S/C39H69N2O6P/c1-6-8-10-12-14-16-18-20-22-24-26-28-30-32-38(42)37(36-47-48(44,45)46-35-34-41(3,4)5)40-39(43)33-31-29-27-25-23-21-19-17-15-13-11-9-7-2/h9,11,15,17,21-24,27,29-30,32,37-38,42H,6-8,10,12-14,16,18-20,25-26,28,31,33-36H2,1-5H3,(H-,40,43,44,45)/p+1/b11-9-,17-15-,23-21-,24-22+,29-27-,32-30+. The monoisotopic (exact) mass is 693 g/mol. The Morgan fingerprint density at radius 2 is 1.27 bits per heavy atom. The molecular formula is C39H70N2O6P+. The van der Waals surface area contributed by atoms with Gasteiger partial charge < -0.3 is 19.8 Å². The van der Waals surface area contributed by atoms with Crippen molar-refractivity contribution in [2.75, 3.05) is 40.9 Å². The number of likely N-dealkylation sites (N-methyl/N-ethyl adjacent to an activating group) is 1. The van der Waals surface area contributed by atoms with Crippen LogP contribution in [0.5, 0.6) is 0 Å². The molecule has 0 saturated heterocycles. The van der Waals surface area contributed by atoms with E-state index < -0.39 is 20.0 Å². The first kappa shape index (κ1) is 45.9. The largest absolute Gasteiger partial charge is 0.472 e. The van der Waals surface area contributed by atoms with Gasteiger partial charge in [0, 0.05) is 6.42 Å². The molecule has 0 bridgehead atoms. The normalized spacial score (nSPS) is 15.6. The molecule has 48 heavy (non-hydrogen) atoms. The highest BCUT2D eigenvalue weighted by atomic mass is 31.2. The summed E-state index contributed by atoms with van der Waals surface area (Å²) in [5.41, 5.74) is 0. The van der Waals surface area contributed by atoms with Gasteiger partial charge in [-0.1, -0.05) is 125 Å². The summed E-state index contributed by atoms with van der Waals surface area (Å²) in [6.45, 7) is 4.56. The minimum Gasteiger partial charge on any atom is -0.387 e. The lowest BCUT2D eigenvalue weighted by Crippen LogP contribution is -2.45. The first-order chi connectivity index (χ1) is 23.0. The van der Waals surface area contributed by atoms with Crippen molar-refractivity contribution in [3.05, 3.63) is 72.9 Å². The molecule has 0 aliphatic rings. The average Bonchev–Trinajstić information content (AvgIpc) is 3.02. The molecule has 0 aliphatic heterocycles. The van der Waals surface area contributed by atoms with E-state index in [1.807, 2.05) is 39.4 Å². The number of hydrogen-bond donors (Lipinski definition) is 3. The third-order valence-corrected chi connectivity index (χ3v) is 8.41. The molecule has 0 spiro atoms. The van der Waals surface area contributed by atoms with E-state index in [4.69, 9.17) is 9.05 Å². The maximum Gasteiger partial charge on any atom is 0.472 e. The fraction of sp³-hybridized carbons (Fsp3) is 0.667. The molecule has 3 atom stereocenters. The Hall–Kier alpha value is -2.06. The summed E-state index contributed by atoms with van der Waals surface area (Å²) in [4.78, 5) is 22.9. The van der Waals surface area contributed by atoms with E-state index in [-0.39, 0.29) is 25.5 Å². The first-order valence-corrected chi connectivity index (χ1v) is 19.8. The number of carbonyl (C=O) groups excluding carboxylic acids is 1. The van der Waals surface area contributed by atoms with Crippen molar-refractivity contribution in [1.82, 2.24) is 5.32 Å². The molecule has 1 amide bonds. The minimum absolute atomic E-state index is 0.0398. The van der Waals surface area contributed by atoms with Crippen LogP contribution < -0.4 is 5.32 Å². The van der Waals surface area contributed by atoms with Crippen LogP contribution in [0.3, 0.4) is 0 Å².